The third kappa shape index (κ3) is 2.85. The summed E-state index contributed by atoms with van der Waals surface area (Å²) in [5, 5.41) is 13.1. The average molecular weight is 236 g/mol. The minimum Gasteiger partial charge on any atom is -0.316 e. The molecule has 1 aromatic heterocycles. The number of amides is 1. The number of nitrogens with one attached hydrogen (secondary N) is 3. The van der Waals surface area contributed by atoms with Gasteiger partial charge in [0.15, 0.2) is 5.82 Å². The maximum absolute atomic E-state index is 11.9. The average Bonchev–Trinajstić information content (AvgIpc) is 2.85. The lowest BCUT2D eigenvalue weighted by Gasteiger charge is -2.14. The van der Waals surface area contributed by atoms with Crippen molar-refractivity contribution >= 4 is 11.7 Å². The van der Waals surface area contributed by atoms with Crippen LogP contribution in [0.15, 0.2) is 6.07 Å². The highest BCUT2D eigenvalue weighted by molar-refractivity contribution is 5.92. The van der Waals surface area contributed by atoms with E-state index in [1.807, 2.05) is 6.07 Å². The molecular formula is C12H20N4O. The van der Waals surface area contributed by atoms with Crippen molar-refractivity contribution in [1.29, 1.82) is 0 Å². The largest absolute Gasteiger partial charge is 0.316 e. The van der Waals surface area contributed by atoms with E-state index >= 15 is 0 Å². The number of H-pyrrole nitrogens is 1. The highest BCUT2D eigenvalue weighted by atomic mass is 16.2. The van der Waals surface area contributed by atoms with Gasteiger partial charge in [-0.1, -0.05) is 20.8 Å². The Morgan fingerprint density at radius 3 is 2.82 bits per heavy atom. The second kappa shape index (κ2) is 4.49. The smallest absolute Gasteiger partial charge is 0.230 e. The molecule has 1 fully saturated rings. The third-order valence-corrected chi connectivity index (χ3v) is 3.07. The van der Waals surface area contributed by atoms with Gasteiger partial charge in [0.1, 0.15) is 0 Å². The summed E-state index contributed by atoms with van der Waals surface area (Å²) in [6.07, 6.45) is 0.905. The van der Waals surface area contributed by atoms with Gasteiger partial charge in [-0.15, -0.1) is 0 Å². The van der Waals surface area contributed by atoms with Gasteiger partial charge in [-0.25, -0.2) is 0 Å². The maximum Gasteiger partial charge on any atom is 0.230 e. The summed E-state index contributed by atoms with van der Waals surface area (Å²) in [6, 6.07) is 1.90. The van der Waals surface area contributed by atoms with Crippen LogP contribution in [0, 0.1) is 5.92 Å². The van der Waals surface area contributed by atoms with Gasteiger partial charge in [0.25, 0.3) is 0 Å². The lowest BCUT2D eigenvalue weighted by atomic mass is 9.92. The molecule has 5 nitrogen and oxygen atoms in total. The van der Waals surface area contributed by atoms with Crippen LogP contribution >= 0.6 is 0 Å². The van der Waals surface area contributed by atoms with Gasteiger partial charge >= 0.3 is 0 Å². The molecule has 1 aliphatic rings. The summed E-state index contributed by atoms with van der Waals surface area (Å²) in [5.74, 6) is 0.749. The minimum absolute atomic E-state index is 0.0187. The Hall–Kier alpha value is -1.36. The van der Waals surface area contributed by atoms with E-state index in [9.17, 15) is 4.79 Å². The topological polar surface area (TPSA) is 69.8 Å². The first-order chi connectivity index (χ1) is 7.97. The zero-order valence-corrected chi connectivity index (χ0v) is 10.6. The zero-order valence-electron chi connectivity index (χ0n) is 10.6. The van der Waals surface area contributed by atoms with Gasteiger partial charge in [-0.3, -0.25) is 9.89 Å². The fourth-order valence-electron chi connectivity index (χ4n) is 1.88. The van der Waals surface area contributed by atoms with E-state index in [4.69, 9.17) is 0 Å². The van der Waals surface area contributed by atoms with Crippen molar-refractivity contribution in [1.82, 2.24) is 15.5 Å². The number of hydrogen-bond donors (Lipinski definition) is 3. The van der Waals surface area contributed by atoms with Crippen LogP contribution in [0.5, 0.6) is 0 Å². The van der Waals surface area contributed by atoms with Crippen molar-refractivity contribution in [2.24, 2.45) is 5.92 Å². The Morgan fingerprint density at radius 1 is 1.53 bits per heavy atom. The maximum atomic E-state index is 11.9. The quantitative estimate of drug-likeness (QED) is 0.724. The van der Waals surface area contributed by atoms with Gasteiger partial charge in [0.2, 0.25) is 5.91 Å². The van der Waals surface area contributed by atoms with Gasteiger partial charge in [0.05, 0.1) is 5.92 Å². The fraction of sp³-hybridized carbons (Fsp3) is 0.667. The van der Waals surface area contributed by atoms with Crippen LogP contribution < -0.4 is 10.6 Å². The molecule has 2 rings (SSSR count). The molecule has 94 valence electrons. The first-order valence-corrected chi connectivity index (χ1v) is 6.04. The molecule has 1 aliphatic heterocycles. The lowest BCUT2D eigenvalue weighted by molar-refractivity contribution is -0.119. The second-order valence-corrected chi connectivity index (χ2v) is 5.60. The van der Waals surface area contributed by atoms with Crippen molar-refractivity contribution in [3.8, 4) is 0 Å². The van der Waals surface area contributed by atoms with E-state index in [0.717, 1.165) is 25.2 Å². The number of hydrogen-bond acceptors (Lipinski definition) is 3. The zero-order chi connectivity index (χ0) is 12.5. The van der Waals surface area contributed by atoms with Crippen LogP contribution in [-0.4, -0.2) is 29.2 Å². The highest BCUT2D eigenvalue weighted by Gasteiger charge is 2.23. The SMILES string of the molecule is CC(C)(C)c1cc(NC(=O)C2CCNC2)n[nH]1. The van der Waals surface area contributed by atoms with Gasteiger partial charge in [-0.05, 0) is 13.0 Å². The predicted molar refractivity (Wildman–Crippen MR) is 66.9 cm³/mol. The number of anilines is 1. The number of aromatic nitrogens is 2. The second-order valence-electron chi connectivity index (χ2n) is 5.60. The Labute approximate surface area is 101 Å². The molecular weight excluding hydrogens is 216 g/mol. The molecule has 0 radical (unpaired) electrons. The summed E-state index contributed by atoms with van der Waals surface area (Å²) in [5.41, 5.74) is 1.04. The van der Waals surface area contributed by atoms with Crippen molar-refractivity contribution in [3.05, 3.63) is 11.8 Å². The van der Waals surface area contributed by atoms with Crippen LogP contribution in [0.25, 0.3) is 0 Å². The van der Waals surface area contributed by atoms with Crippen molar-refractivity contribution in [3.63, 3.8) is 0 Å². The molecule has 5 heteroatoms. The first-order valence-electron chi connectivity index (χ1n) is 6.04. The summed E-state index contributed by atoms with van der Waals surface area (Å²) < 4.78 is 0. The fourth-order valence-corrected chi connectivity index (χ4v) is 1.88. The predicted octanol–water partition coefficient (Wildman–Crippen LogP) is 1.26. The molecule has 0 aromatic carbocycles. The number of rotatable bonds is 2. The molecule has 1 aromatic rings. The van der Waals surface area contributed by atoms with E-state index in [2.05, 4.69) is 41.6 Å². The number of carbonyl (C=O) groups is 1. The molecule has 3 N–H and O–H groups in total. The van der Waals surface area contributed by atoms with Crippen LogP contribution in [0.1, 0.15) is 32.9 Å². The van der Waals surface area contributed by atoms with Crippen molar-refractivity contribution < 1.29 is 4.79 Å². The highest BCUT2D eigenvalue weighted by Crippen LogP contribution is 2.22. The molecule has 2 heterocycles. The normalized spacial score (nSPS) is 20.5. The van der Waals surface area contributed by atoms with Gasteiger partial charge in [-0.2, -0.15) is 5.10 Å². The van der Waals surface area contributed by atoms with E-state index in [1.54, 1.807) is 0 Å². The van der Waals surface area contributed by atoms with Crippen LogP contribution in [-0.2, 0) is 10.2 Å². The van der Waals surface area contributed by atoms with Gasteiger partial charge in [0, 0.05) is 23.7 Å². The molecule has 0 spiro atoms. The molecule has 0 bridgehead atoms. The Kier molecular flexibility index (Phi) is 3.19. The number of nitrogens with zero attached hydrogens (tertiary/aromatic N) is 1. The number of aromatic amines is 1. The Balaban J connectivity index is 1.99. The molecule has 1 saturated heterocycles. The monoisotopic (exact) mass is 236 g/mol. The van der Waals surface area contributed by atoms with E-state index in [0.29, 0.717) is 5.82 Å². The first kappa shape index (κ1) is 12.1. The van der Waals surface area contributed by atoms with Gasteiger partial charge < -0.3 is 10.6 Å². The van der Waals surface area contributed by atoms with E-state index in [-0.39, 0.29) is 17.2 Å². The molecule has 0 saturated carbocycles. The molecule has 17 heavy (non-hydrogen) atoms. The third-order valence-electron chi connectivity index (χ3n) is 3.07. The Morgan fingerprint density at radius 2 is 2.29 bits per heavy atom. The van der Waals surface area contributed by atoms with Crippen molar-refractivity contribution in [2.75, 3.05) is 18.4 Å². The summed E-state index contributed by atoms with van der Waals surface area (Å²) in [7, 11) is 0. The Bertz CT molecular complexity index is 399. The standard InChI is InChI=1S/C12H20N4O/c1-12(2,3)9-6-10(16-15-9)14-11(17)8-4-5-13-7-8/h6,8,13H,4-5,7H2,1-3H3,(H2,14,15,16,17). The summed E-state index contributed by atoms with van der Waals surface area (Å²) in [6.45, 7) is 8.00. The van der Waals surface area contributed by atoms with E-state index in [1.165, 1.54) is 0 Å². The van der Waals surface area contributed by atoms with E-state index < -0.39 is 0 Å². The molecule has 0 aliphatic carbocycles. The molecule has 1 amide bonds. The summed E-state index contributed by atoms with van der Waals surface area (Å²) in [4.78, 5) is 11.9. The van der Waals surface area contributed by atoms with Crippen LogP contribution in [0.2, 0.25) is 0 Å². The number of carbonyl (C=O) groups excluding carboxylic acids is 1. The molecule has 1 unspecified atom stereocenters. The van der Waals surface area contributed by atoms with Crippen molar-refractivity contribution in [2.45, 2.75) is 32.6 Å². The summed E-state index contributed by atoms with van der Waals surface area (Å²) >= 11 is 0. The minimum atomic E-state index is 0.0187. The van der Waals surface area contributed by atoms with Crippen LogP contribution in [0.4, 0.5) is 5.82 Å². The molecule has 1 atom stereocenters. The lowest BCUT2D eigenvalue weighted by Crippen LogP contribution is -2.24. The van der Waals surface area contributed by atoms with Crippen LogP contribution in [0.3, 0.4) is 0 Å².